The van der Waals surface area contributed by atoms with E-state index in [0.29, 0.717) is 11.5 Å². The van der Waals surface area contributed by atoms with Gasteiger partial charge in [-0.2, -0.15) is 6.07 Å². The Morgan fingerprint density at radius 1 is 0.442 bits per heavy atom. The molecule has 3 heterocycles. The van der Waals surface area contributed by atoms with E-state index < -0.39 is 0 Å². The Hall–Kier alpha value is -7.98. The molecule has 0 saturated carbocycles. The number of benzene rings is 9. The zero-order valence-corrected chi connectivity index (χ0v) is 54.6. The van der Waals surface area contributed by atoms with Crippen LogP contribution in [0, 0.1) is 18.8 Å². The van der Waals surface area contributed by atoms with Gasteiger partial charge in [0, 0.05) is 72.2 Å². The molecule has 1 aliphatic heterocycles. The van der Waals surface area contributed by atoms with Crippen molar-refractivity contribution < 1.29 is 25.8 Å². The Bertz CT molecular complexity index is 4250. The molecule has 0 bridgehead atoms. The van der Waals surface area contributed by atoms with Crippen molar-refractivity contribution in [1.29, 1.82) is 0 Å². The normalized spacial score (nSPS) is 13.0. The maximum absolute atomic E-state index is 7.29. The van der Waals surface area contributed by atoms with Crippen molar-refractivity contribution >= 4 is 44.6 Å². The first-order valence-corrected chi connectivity index (χ1v) is 30.3. The van der Waals surface area contributed by atoms with Crippen LogP contribution in [0.3, 0.4) is 0 Å². The molecule has 9 aromatic carbocycles. The van der Waals surface area contributed by atoms with Crippen LogP contribution >= 0.6 is 0 Å². The summed E-state index contributed by atoms with van der Waals surface area (Å²) < 4.78 is 9.56. The predicted octanol–water partition coefficient (Wildman–Crippen LogP) is 21.8. The van der Waals surface area contributed by atoms with Gasteiger partial charge in [0.15, 0.2) is 0 Å². The molecule has 86 heavy (non-hydrogen) atoms. The van der Waals surface area contributed by atoms with E-state index in [1.807, 2.05) is 6.20 Å². The molecule has 0 unspecified atom stereocenters. The molecule has 1 aliphatic rings. The average Bonchev–Trinajstić information content (AvgIpc) is 3.14. The maximum Gasteiger partial charge on any atom is 0.135 e. The van der Waals surface area contributed by atoms with E-state index >= 15 is 0 Å². The third kappa shape index (κ3) is 11.2. The summed E-state index contributed by atoms with van der Waals surface area (Å²) in [7, 11) is 0. The average molecular weight is 1310 g/mol. The van der Waals surface area contributed by atoms with Gasteiger partial charge < -0.3 is 19.1 Å². The SMILES string of the molecule is CC(C)c1cccc(C(C)C)c1-c1cc(Oc2[c-]c3c(cc2)c2cc(C(C)(C)c4ccccc4)ccc2n3-c2cc(C(C)(C)c3ccccc3)ccn2)[c-]c(N2[CH-]N(c3cc(-c4ccccc4)cc(C(C)(C)C)c3)c3cc(C(C)(C)C)ccc32)c1.[Pt]. The summed E-state index contributed by atoms with van der Waals surface area (Å²) in [5, 5.41) is 2.19. The fraction of sp³-hybridized carbons (Fsp3) is 0.250. The van der Waals surface area contributed by atoms with Gasteiger partial charge in [-0.25, -0.2) is 4.98 Å². The Balaban J connectivity index is 0.00000768. The number of anilines is 4. The van der Waals surface area contributed by atoms with Gasteiger partial charge >= 0.3 is 0 Å². The van der Waals surface area contributed by atoms with Crippen LogP contribution in [-0.4, -0.2) is 9.55 Å². The van der Waals surface area contributed by atoms with Crippen LogP contribution in [0.1, 0.15) is 153 Å². The van der Waals surface area contributed by atoms with Crippen LogP contribution < -0.4 is 14.5 Å². The molecular weight excluding hydrogens is 1230 g/mol. The minimum atomic E-state index is -0.286. The molecule has 0 spiro atoms. The van der Waals surface area contributed by atoms with Crippen molar-refractivity contribution in [3.05, 3.63) is 270 Å². The number of ether oxygens (including phenoxy) is 1. The second kappa shape index (κ2) is 23.0. The molecule has 0 saturated heterocycles. The fourth-order valence-corrected chi connectivity index (χ4v) is 12.4. The van der Waals surface area contributed by atoms with Crippen molar-refractivity contribution in [3.63, 3.8) is 0 Å². The Labute approximate surface area is 526 Å². The number of aromatic nitrogens is 2. The predicted molar refractivity (Wildman–Crippen MR) is 358 cm³/mol. The first-order chi connectivity index (χ1) is 40.5. The second-order valence-corrected chi connectivity index (χ2v) is 27.1. The second-order valence-electron chi connectivity index (χ2n) is 27.1. The summed E-state index contributed by atoms with van der Waals surface area (Å²) in [5.41, 5.74) is 20.0. The molecule has 11 aromatic rings. The summed E-state index contributed by atoms with van der Waals surface area (Å²) in [5.74, 6) is 2.53. The van der Waals surface area contributed by atoms with Gasteiger partial charge in [0.25, 0.3) is 0 Å². The molecule has 12 rings (SSSR count). The zero-order chi connectivity index (χ0) is 59.7. The van der Waals surface area contributed by atoms with Crippen LogP contribution in [0.2, 0.25) is 0 Å². The standard InChI is InChI=1S/C80H79N4O.Pt/c1-52(2)67-31-24-32-68(53(3)4)76(67)56-43-64(82-51-83(74-47-59(77(5,6)7)33-38-72(74)82)63-42-55(54-25-18-15-19-26-54)41-62(45-63)78(8,9)10)49-66(44-56)85-65-35-36-69-70-46-60(79(11,12)57-27-20-16-21-28-57)34-37-71(70)84(73(69)50-65)75-48-61(39-40-81-75)80(13,14)58-29-22-17-23-30-58;/h15-48,51-53H,1-14H3;/q-3;. The van der Waals surface area contributed by atoms with E-state index in [2.05, 4.69) is 330 Å². The van der Waals surface area contributed by atoms with E-state index in [0.717, 1.165) is 55.9 Å². The minimum absolute atomic E-state index is 0. The third-order valence-corrected chi connectivity index (χ3v) is 17.8. The topological polar surface area (TPSA) is 33.5 Å². The van der Waals surface area contributed by atoms with Crippen molar-refractivity contribution in [2.75, 3.05) is 9.80 Å². The van der Waals surface area contributed by atoms with E-state index in [-0.39, 0.29) is 54.6 Å². The quantitative estimate of drug-likeness (QED) is 0.108. The van der Waals surface area contributed by atoms with Gasteiger partial charge in [0.1, 0.15) is 5.82 Å². The molecule has 0 aliphatic carbocycles. The molecule has 438 valence electrons. The Kier molecular flexibility index (Phi) is 16.0. The molecule has 0 radical (unpaired) electrons. The molecule has 0 N–H and O–H groups in total. The van der Waals surface area contributed by atoms with Crippen molar-refractivity contribution in [2.45, 2.75) is 130 Å². The summed E-state index contributed by atoms with van der Waals surface area (Å²) in [6.45, 7) is 34.4. The van der Waals surface area contributed by atoms with Gasteiger partial charge in [-0.1, -0.05) is 236 Å². The monoisotopic (exact) mass is 1310 g/mol. The molecule has 5 nitrogen and oxygen atoms in total. The van der Waals surface area contributed by atoms with Gasteiger partial charge in [0.2, 0.25) is 0 Å². The fourth-order valence-electron chi connectivity index (χ4n) is 12.4. The van der Waals surface area contributed by atoms with Crippen molar-refractivity contribution in [1.82, 2.24) is 9.55 Å². The smallest absolute Gasteiger partial charge is 0.135 e. The number of nitrogens with zero attached hydrogens (tertiary/aromatic N) is 4. The minimum Gasteiger partial charge on any atom is -0.509 e. The van der Waals surface area contributed by atoms with Crippen LogP contribution in [0.25, 0.3) is 49.9 Å². The van der Waals surface area contributed by atoms with Gasteiger partial charge in [-0.15, -0.1) is 53.6 Å². The number of pyridine rings is 1. The molecule has 0 atom stereocenters. The third-order valence-electron chi connectivity index (χ3n) is 17.8. The van der Waals surface area contributed by atoms with E-state index in [1.165, 1.54) is 61.2 Å². The van der Waals surface area contributed by atoms with Gasteiger partial charge in [-0.05, 0) is 132 Å². The zero-order valence-electron chi connectivity index (χ0n) is 52.4. The summed E-state index contributed by atoms with van der Waals surface area (Å²) >= 11 is 0. The maximum atomic E-state index is 7.29. The summed E-state index contributed by atoms with van der Waals surface area (Å²) in [4.78, 5) is 9.84. The number of fused-ring (bicyclic) bond motifs is 4. The number of hydrogen-bond acceptors (Lipinski definition) is 4. The largest absolute Gasteiger partial charge is 0.509 e. The summed E-state index contributed by atoms with van der Waals surface area (Å²) in [6, 6.07) is 81.0. The van der Waals surface area contributed by atoms with Crippen LogP contribution in [0.4, 0.5) is 22.7 Å². The van der Waals surface area contributed by atoms with E-state index in [4.69, 9.17) is 9.72 Å². The molecule has 2 aromatic heterocycles. The Morgan fingerprint density at radius 3 is 1.66 bits per heavy atom. The first kappa shape index (κ1) is 59.7. The summed E-state index contributed by atoms with van der Waals surface area (Å²) in [6.07, 6.45) is 1.95. The van der Waals surface area contributed by atoms with Crippen LogP contribution in [-0.2, 0) is 42.7 Å². The molecule has 6 heteroatoms. The van der Waals surface area contributed by atoms with Crippen LogP contribution in [0.5, 0.6) is 11.5 Å². The van der Waals surface area contributed by atoms with Crippen molar-refractivity contribution in [2.24, 2.45) is 0 Å². The van der Waals surface area contributed by atoms with Crippen LogP contribution in [0.15, 0.2) is 206 Å². The van der Waals surface area contributed by atoms with Gasteiger partial charge in [0.05, 0.1) is 0 Å². The molecule has 0 fully saturated rings. The number of hydrogen-bond donors (Lipinski definition) is 0. The van der Waals surface area contributed by atoms with Crippen molar-refractivity contribution in [3.8, 4) is 39.6 Å². The Morgan fingerprint density at radius 2 is 1.05 bits per heavy atom. The van der Waals surface area contributed by atoms with E-state index in [9.17, 15) is 0 Å². The van der Waals surface area contributed by atoms with E-state index in [1.54, 1.807) is 0 Å². The van der Waals surface area contributed by atoms with Gasteiger partial charge in [-0.3, -0.25) is 0 Å². The first-order valence-electron chi connectivity index (χ1n) is 30.3. The molecule has 0 amide bonds. The molecular formula is C80H79N4OPt-3. The number of rotatable bonds is 13.